The lowest BCUT2D eigenvalue weighted by atomic mass is 9.90. The molecule has 9 heteroatoms. The van der Waals surface area contributed by atoms with E-state index in [9.17, 15) is 0 Å². The van der Waals surface area contributed by atoms with E-state index in [4.69, 9.17) is 16.1 Å². The Hall–Kier alpha value is -2.65. The molecule has 0 aliphatic carbocycles. The molecule has 5 rings (SSSR count). The molecule has 1 aromatic heterocycles. The average molecular weight is 493 g/mol. The normalized spacial score (nSPS) is 24.1. The number of fused-ring (bicyclic) bond motifs is 1. The van der Waals surface area contributed by atoms with Gasteiger partial charge < -0.3 is 25.8 Å². The number of hydrogen-bond acceptors (Lipinski definition) is 9. The molecule has 35 heavy (non-hydrogen) atoms. The molecule has 0 radical (unpaired) electrons. The Bertz CT molecular complexity index is 1080. The quantitative estimate of drug-likeness (QED) is 0.598. The van der Waals surface area contributed by atoms with E-state index in [2.05, 4.69) is 62.9 Å². The largest absolute Gasteiger partial charge is 0.368 e. The van der Waals surface area contributed by atoms with Crippen LogP contribution in [0.5, 0.6) is 0 Å². The van der Waals surface area contributed by atoms with Crippen LogP contribution in [0.15, 0.2) is 29.3 Å². The lowest BCUT2D eigenvalue weighted by molar-refractivity contribution is 0.312. The van der Waals surface area contributed by atoms with Crippen molar-refractivity contribution in [2.45, 2.75) is 44.3 Å². The molecule has 8 nitrogen and oxygen atoms in total. The number of benzene rings is 1. The molecule has 3 N–H and O–H groups in total. The fraction of sp³-hybridized carbons (Fsp3) is 0.538. The molecule has 2 saturated heterocycles. The molecule has 2 fully saturated rings. The Morgan fingerprint density at radius 2 is 1.94 bits per heavy atom. The molecule has 0 bridgehead atoms. The van der Waals surface area contributed by atoms with Crippen LogP contribution in [0.25, 0.3) is 0 Å². The number of nitrogens with one attached hydrogen (secondary N) is 1. The maximum absolute atomic E-state index is 8.00. The van der Waals surface area contributed by atoms with E-state index >= 15 is 0 Å². The number of aromatic nitrogens is 2. The fourth-order valence-corrected chi connectivity index (χ4v) is 6.27. The van der Waals surface area contributed by atoms with Gasteiger partial charge in [0.25, 0.3) is 0 Å². The zero-order valence-electron chi connectivity index (χ0n) is 20.7. The second-order valence-electron chi connectivity index (χ2n) is 9.95. The van der Waals surface area contributed by atoms with Crippen LogP contribution in [-0.2, 0) is 13.0 Å². The summed E-state index contributed by atoms with van der Waals surface area (Å²) >= 11 is 1.96. The number of thioether (sulfide) groups is 1. The second-order valence-corrected chi connectivity index (χ2v) is 11.1. The van der Waals surface area contributed by atoms with Crippen molar-refractivity contribution in [3.05, 3.63) is 41.0 Å². The topological polar surface area (TPSA) is 97.7 Å². The van der Waals surface area contributed by atoms with Crippen molar-refractivity contribution in [2.75, 3.05) is 60.3 Å². The third-order valence-corrected chi connectivity index (χ3v) is 8.53. The smallest absolute Gasteiger partial charge is 0.223 e. The molecule has 3 aliphatic rings. The van der Waals surface area contributed by atoms with Gasteiger partial charge in [-0.05, 0) is 49.3 Å². The van der Waals surface area contributed by atoms with Gasteiger partial charge in [-0.25, -0.2) is 0 Å². The standard InChI is InChI=1S/C26H36N8S/c1-18-11-19-3-4-20(22(14-27)15-29-23-5-10-35-17-23)12-21(19)16-34(18)25-13-24(30-26(28)31-25)33-8-6-32(2)7-9-33/h3-4,12-15,18,22-23,27H,5-11,16-17H2,1-2H3,(H2,28,30,31). The molecule has 2 aromatic rings. The van der Waals surface area contributed by atoms with Gasteiger partial charge in [-0.1, -0.05) is 18.2 Å². The molecule has 4 heterocycles. The van der Waals surface area contributed by atoms with E-state index in [1.807, 2.05) is 18.0 Å². The number of hydrogen-bond donors (Lipinski definition) is 2. The van der Waals surface area contributed by atoms with Crippen LogP contribution >= 0.6 is 11.8 Å². The number of likely N-dealkylation sites (N-methyl/N-ethyl adjacent to an activating group) is 1. The van der Waals surface area contributed by atoms with Crippen molar-refractivity contribution in [3.63, 3.8) is 0 Å². The Morgan fingerprint density at radius 1 is 1.14 bits per heavy atom. The molecule has 3 atom stereocenters. The summed E-state index contributed by atoms with van der Waals surface area (Å²) in [5.41, 5.74) is 9.96. The lowest BCUT2D eigenvalue weighted by Crippen LogP contribution is -2.45. The number of piperazine rings is 1. The molecule has 1 aromatic carbocycles. The molecule has 0 spiro atoms. The number of aliphatic imine (C=N–C) groups is 1. The number of nitrogens with two attached hydrogens (primary N) is 1. The van der Waals surface area contributed by atoms with Gasteiger partial charge in [0.2, 0.25) is 5.95 Å². The minimum absolute atomic E-state index is 0.0859. The zero-order valence-corrected chi connectivity index (χ0v) is 21.5. The Morgan fingerprint density at radius 3 is 2.69 bits per heavy atom. The van der Waals surface area contributed by atoms with Crippen LogP contribution in [-0.4, -0.2) is 84.1 Å². The van der Waals surface area contributed by atoms with Crippen molar-refractivity contribution in [3.8, 4) is 0 Å². The van der Waals surface area contributed by atoms with E-state index in [0.29, 0.717) is 18.0 Å². The van der Waals surface area contributed by atoms with E-state index in [1.165, 1.54) is 23.1 Å². The van der Waals surface area contributed by atoms with Crippen LogP contribution < -0.4 is 15.5 Å². The maximum atomic E-state index is 8.00. The van der Waals surface area contributed by atoms with Crippen molar-refractivity contribution in [1.29, 1.82) is 5.41 Å². The summed E-state index contributed by atoms with van der Waals surface area (Å²) in [7, 11) is 2.15. The molecular weight excluding hydrogens is 456 g/mol. The first-order chi connectivity index (χ1) is 17.0. The summed E-state index contributed by atoms with van der Waals surface area (Å²) in [6, 6.07) is 9.46. The van der Waals surface area contributed by atoms with Gasteiger partial charge in [-0.3, -0.25) is 4.99 Å². The van der Waals surface area contributed by atoms with Gasteiger partial charge in [0.15, 0.2) is 0 Å². The average Bonchev–Trinajstić information content (AvgIpc) is 3.38. The van der Waals surface area contributed by atoms with Crippen molar-refractivity contribution in [2.24, 2.45) is 4.99 Å². The summed E-state index contributed by atoms with van der Waals surface area (Å²) < 4.78 is 0. The van der Waals surface area contributed by atoms with Gasteiger partial charge in [0.05, 0.1) is 12.0 Å². The maximum Gasteiger partial charge on any atom is 0.223 e. The number of nitrogen functional groups attached to an aromatic ring is 1. The van der Waals surface area contributed by atoms with Gasteiger partial charge in [0, 0.05) is 63.0 Å². The van der Waals surface area contributed by atoms with Gasteiger partial charge in [-0.15, -0.1) is 0 Å². The molecule has 3 unspecified atom stereocenters. The highest BCUT2D eigenvalue weighted by Gasteiger charge is 2.27. The van der Waals surface area contributed by atoms with Gasteiger partial charge >= 0.3 is 0 Å². The molecule has 3 aliphatic heterocycles. The lowest BCUT2D eigenvalue weighted by Gasteiger charge is -2.37. The van der Waals surface area contributed by atoms with Crippen LogP contribution in [0.4, 0.5) is 17.6 Å². The summed E-state index contributed by atoms with van der Waals surface area (Å²) in [5.74, 6) is 4.33. The van der Waals surface area contributed by atoms with Crippen LogP contribution in [0.2, 0.25) is 0 Å². The van der Waals surface area contributed by atoms with Crippen molar-refractivity contribution in [1.82, 2.24) is 14.9 Å². The van der Waals surface area contributed by atoms with Gasteiger partial charge in [-0.2, -0.15) is 21.7 Å². The van der Waals surface area contributed by atoms with E-state index in [1.54, 1.807) is 0 Å². The van der Waals surface area contributed by atoms with Crippen LogP contribution in [0, 0.1) is 5.41 Å². The Kier molecular flexibility index (Phi) is 7.24. The van der Waals surface area contributed by atoms with Crippen LogP contribution in [0.3, 0.4) is 0 Å². The third kappa shape index (κ3) is 5.46. The first-order valence-corrected chi connectivity index (χ1v) is 13.7. The van der Waals surface area contributed by atoms with Crippen molar-refractivity contribution < 1.29 is 0 Å². The van der Waals surface area contributed by atoms with Crippen LogP contribution in [0.1, 0.15) is 36.0 Å². The highest BCUT2D eigenvalue weighted by atomic mass is 32.2. The fourth-order valence-electron chi connectivity index (χ4n) is 5.14. The predicted molar refractivity (Wildman–Crippen MR) is 148 cm³/mol. The Labute approximate surface area is 212 Å². The summed E-state index contributed by atoms with van der Waals surface area (Å²) in [6.07, 6.45) is 5.57. The van der Waals surface area contributed by atoms with E-state index in [0.717, 1.165) is 68.5 Å². The van der Waals surface area contributed by atoms with E-state index in [-0.39, 0.29) is 5.92 Å². The minimum Gasteiger partial charge on any atom is -0.368 e. The molecule has 0 saturated carbocycles. The number of rotatable bonds is 6. The molecule has 186 valence electrons. The summed E-state index contributed by atoms with van der Waals surface area (Å²) in [4.78, 5) is 20.9. The first-order valence-electron chi connectivity index (χ1n) is 12.6. The molecule has 0 amide bonds. The monoisotopic (exact) mass is 492 g/mol. The van der Waals surface area contributed by atoms with Crippen molar-refractivity contribution >= 4 is 41.8 Å². The number of anilines is 3. The highest BCUT2D eigenvalue weighted by Crippen LogP contribution is 2.31. The third-order valence-electron chi connectivity index (χ3n) is 7.38. The first kappa shape index (κ1) is 24.1. The van der Waals surface area contributed by atoms with E-state index < -0.39 is 0 Å². The Balaban J connectivity index is 1.37. The summed E-state index contributed by atoms with van der Waals surface area (Å²) in [5, 5.41) is 8.00. The molecular formula is C26H36N8S. The van der Waals surface area contributed by atoms with Gasteiger partial charge in [0.1, 0.15) is 11.6 Å². The minimum atomic E-state index is -0.0859. The highest BCUT2D eigenvalue weighted by molar-refractivity contribution is 7.99. The SMILES string of the molecule is CC1Cc2ccc(C(C=N)C=NC3CCSC3)cc2CN1c1cc(N2CCN(C)CC2)nc(N)n1. The number of nitrogens with zero attached hydrogens (tertiary/aromatic N) is 6. The summed E-state index contributed by atoms with van der Waals surface area (Å²) in [6.45, 7) is 6.95. The zero-order chi connectivity index (χ0) is 24.4. The second kappa shape index (κ2) is 10.5. The predicted octanol–water partition coefficient (Wildman–Crippen LogP) is 3.07.